The van der Waals surface area contributed by atoms with Gasteiger partial charge >= 0.3 is 0 Å². The third kappa shape index (κ3) is 2.45. The van der Waals surface area contributed by atoms with E-state index in [-0.39, 0.29) is 6.61 Å². The molecule has 0 heterocycles. The fraction of sp³-hybridized carbons (Fsp3) is 0.571. The number of aliphatic hydroxyl groups is 1. The highest BCUT2D eigenvalue weighted by molar-refractivity contribution is 5.32. The Morgan fingerprint density at radius 1 is 1.44 bits per heavy atom. The van der Waals surface area contributed by atoms with Crippen molar-refractivity contribution in [1.29, 1.82) is 0 Å². The minimum Gasteiger partial charge on any atom is -0.394 e. The molecule has 0 saturated carbocycles. The largest absolute Gasteiger partial charge is 0.394 e. The molecule has 0 aromatic heterocycles. The Balaban J connectivity index is 2.19. The predicted molar refractivity (Wildman–Crippen MR) is 66.4 cm³/mol. The van der Waals surface area contributed by atoms with Crippen LogP contribution in [-0.4, -0.2) is 17.3 Å². The number of hydrogen-bond donors (Lipinski definition) is 2. The molecule has 2 nitrogen and oxygen atoms in total. The number of aryl methyl sites for hydroxylation is 1. The van der Waals surface area contributed by atoms with Gasteiger partial charge in [-0.1, -0.05) is 24.3 Å². The van der Waals surface area contributed by atoms with Gasteiger partial charge in [0.2, 0.25) is 0 Å². The van der Waals surface area contributed by atoms with Crippen molar-refractivity contribution in [1.82, 2.24) is 0 Å². The fourth-order valence-electron chi connectivity index (χ4n) is 2.69. The predicted octanol–water partition coefficient (Wildman–Crippen LogP) is 2.21. The van der Waals surface area contributed by atoms with Gasteiger partial charge in [-0.05, 0) is 49.7 Å². The van der Waals surface area contributed by atoms with Gasteiger partial charge in [0, 0.05) is 5.54 Å². The summed E-state index contributed by atoms with van der Waals surface area (Å²) in [4.78, 5) is 0. The Morgan fingerprint density at radius 2 is 2.19 bits per heavy atom. The van der Waals surface area contributed by atoms with Gasteiger partial charge in [-0.15, -0.1) is 0 Å². The summed E-state index contributed by atoms with van der Waals surface area (Å²) in [6.45, 7) is 2.00. The quantitative estimate of drug-likeness (QED) is 0.818. The van der Waals surface area contributed by atoms with Crippen molar-refractivity contribution in [3.05, 3.63) is 35.4 Å². The molecule has 0 saturated heterocycles. The summed E-state index contributed by atoms with van der Waals surface area (Å²) in [5, 5.41) is 9.25. The molecule has 0 radical (unpaired) electrons. The van der Waals surface area contributed by atoms with Gasteiger partial charge in [0.05, 0.1) is 6.61 Å². The van der Waals surface area contributed by atoms with E-state index >= 15 is 0 Å². The van der Waals surface area contributed by atoms with E-state index in [1.807, 2.05) is 6.92 Å². The first-order valence-corrected chi connectivity index (χ1v) is 6.10. The molecule has 0 spiro atoms. The van der Waals surface area contributed by atoms with Crippen LogP contribution in [-0.2, 0) is 6.42 Å². The van der Waals surface area contributed by atoms with Gasteiger partial charge in [0.1, 0.15) is 0 Å². The number of benzene rings is 1. The zero-order chi connectivity index (χ0) is 11.6. The zero-order valence-electron chi connectivity index (χ0n) is 9.95. The summed E-state index contributed by atoms with van der Waals surface area (Å²) in [6.07, 6.45) is 4.50. The second-order valence-corrected chi connectivity index (χ2v) is 5.30. The smallest absolute Gasteiger partial charge is 0.0608 e. The third-order valence-corrected chi connectivity index (χ3v) is 3.57. The molecule has 0 amide bonds. The molecule has 0 bridgehead atoms. The lowest BCUT2D eigenvalue weighted by atomic mass is 9.77. The van der Waals surface area contributed by atoms with Crippen molar-refractivity contribution >= 4 is 0 Å². The van der Waals surface area contributed by atoms with Crippen molar-refractivity contribution in [2.24, 2.45) is 5.73 Å². The minimum atomic E-state index is -0.449. The summed E-state index contributed by atoms with van der Waals surface area (Å²) in [5.74, 6) is 0.520. The Bertz CT molecular complexity index is 360. The summed E-state index contributed by atoms with van der Waals surface area (Å²) in [5.41, 5.74) is 8.51. The van der Waals surface area contributed by atoms with Crippen LogP contribution in [0.2, 0.25) is 0 Å². The molecule has 2 rings (SSSR count). The maximum absolute atomic E-state index is 9.25. The molecule has 2 atom stereocenters. The van der Waals surface area contributed by atoms with E-state index in [1.165, 1.54) is 30.4 Å². The zero-order valence-corrected chi connectivity index (χ0v) is 9.95. The van der Waals surface area contributed by atoms with Crippen LogP contribution in [0.25, 0.3) is 0 Å². The Morgan fingerprint density at radius 3 is 2.94 bits per heavy atom. The van der Waals surface area contributed by atoms with E-state index in [0.29, 0.717) is 5.92 Å². The highest BCUT2D eigenvalue weighted by atomic mass is 16.3. The van der Waals surface area contributed by atoms with Crippen LogP contribution in [0.4, 0.5) is 0 Å². The molecular weight excluding hydrogens is 198 g/mol. The standard InChI is InChI=1S/C14H21NO/c1-14(15,10-16)9-12-7-4-6-11-5-2-3-8-13(11)12/h2-3,5,8,12,16H,4,6-7,9-10,15H2,1H3/t12-,14-/m1/s1. The fourth-order valence-corrected chi connectivity index (χ4v) is 2.69. The number of rotatable bonds is 3. The summed E-state index contributed by atoms with van der Waals surface area (Å²) in [6, 6.07) is 8.64. The lowest BCUT2D eigenvalue weighted by molar-refractivity contribution is 0.189. The molecule has 16 heavy (non-hydrogen) atoms. The Hall–Kier alpha value is -0.860. The molecule has 1 aromatic carbocycles. The van der Waals surface area contributed by atoms with E-state index in [4.69, 9.17) is 5.73 Å². The van der Waals surface area contributed by atoms with Crippen LogP contribution in [0.3, 0.4) is 0 Å². The third-order valence-electron chi connectivity index (χ3n) is 3.57. The van der Waals surface area contributed by atoms with Gasteiger partial charge in [-0.3, -0.25) is 0 Å². The molecule has 1 aliphatic rings. The van der Waals surface area contributed by atoms with Crippen molar-refractivity contribution in [2.45, 2.75) is 44.1 Å². The lowest BCUT2D eigenvalue weighted by Crippen LogP contribution is -2.42. The van der Waals surface area contributed by atoms with Gasteiger partial charge in [0.15, 0.2) is 0 Å². The Labute approximate surface area is 97.5 Å². The van der Waals surface area contributed by atoms with E-state index < -0.39 is 5.54 Å². The normalized spacial score (nSPS) is 23.6. The van der Waals surface area contributed by atoms with Crippen LogP contribution in [0.5, 0.6) is 0 Å². The van der Waals surface area contributed by atoms with Gasteiger partial charge < -0.3 is 10.8 Å². The number of nitrogens with two attached hydrogens (primary N) is 1. The van der Waals surface area contributed by atoms with Crippen molar-refractivity contribution in [3.63, 3.8) is 0 Å². The van der Waals surface area contributed by atoms with Crippen LogP contribution >= 0.6 is 0 Å². The van der Waals surface area contributed by atoms with Crippen molar-refractivity contribution in [2.75, 3.05) is 6.61 Å². The molecule has 0 aliphatic heterocycles. The van der Waals surface area contributed by atoms with E-state index in [0.717, 1.165) is 6.42 Å². The van der Waals surface area contributed by atoms with Crippen LogP contribution in [0.15, 0.2) is 24.3 Å². The van der Waals surface area contributed by atoms with Crippen molar-refractivity contribution < 1.29 is 5.11 Å². The average Bonchev–Trinajstić information content (AvgIpc) is 2.29. The SMILES string of the molecule is C[C@](N)(CO)C[C@H]1CCCc2ccccc21. The summed E-state index contributed by atoms with van der Waals surface area (Å²) < 4.78 is 0. The number of fused-ring (bicyclic) bond motifs is 1. The van der Waals surface area contributed by atoms with Crippen LogP contribution in [0.1, 0.15) is 43.2 Å². The highest BCUT2D eigenvalue weighted by Gasteiger charge is 2.27. The molecule has 0 unspecified atom stereocenters. The van der Waals surface area contributed by atoms with Gasteiger partial charge in [-0.25, -0.2) is 0 Å². The lowest BCUT2D eigenvalue weighted by Gasteiger charge is -2.32. The topological polar surface area (TPSA) is 46.2 Å². The molecular formula is C14H21NO. The number of aliphatic hydroxyl groups excluding tert-OH is 1. The monoisotopic (exact) mass is 219 g/mol. The first kappa shape index (κ1) is 11.6. The molecule has 2 heteroatoms. The van der Waals surface area contributed by atoms with Gasteiger partial charge in [-0.2, -0.15) is 0 Å². The highest BCUT2D eigenvalue weighted by Crippen LogP contribution is 2.36. The molecule has 88 valence electrons. The second-order valence-electron chi connectivity index (χ2n) is 5.30. The molecule has 0 fully saturated rings. The first-order chi connectivity index (χ1) is 7.62. The maximum atomic E-state index is 9.25. The number of hydrogen-bond acceptors (Lipinski definition) is 2. The molecule has 3 N–H and O–H groups in total. The summed E-state index contributed by atoms with van der Waals surface area (Å²) in [7, 11) is 0. The first-order valence-electron chi connectivity index (χ1n) is 6.10. The molecule has 1 aromatic rings. The maximum Gasteiger partial charge on any atom is 0.0608 e. The van der Waals surface area contributed by atoms with E-state index in [2.05, 4.69) is 24.3 Å². The summed E-state index contributed by atoms with van der Waals surface area (Å²) >= 11 is 0. The van der Waals surface area contributed by atoms with Crippen LogP contribution < -0.4 is 5.73 Å². The second kappa shape index (κ2) is 4.56. The van der Waals surface area contributed by atoms with Crippen molar-refractivity contribution in [3.8, 4) is 0 Å². The van der Waals surface area contributed by atoms with Crippen LogP contribution in [0, 0.1) is 0 Å². The molecule has 1 aliphatic carbocycles. The van der Waals surface area contributed by atoms with E-state index in [1.54, 1.807) is 0 Å². The van der Waals surface area contributed by atoms with Gasteiger partial charge in [0.25, 0.3) is 0 Å². The Kier molecular flexibility index (Phi) is 3.31. The average molecular weight is 219 g/mol. The van der Waals surface area contributed by atoms with E-state index in [9.17, 15) is 5.11 Å². The minimum absolute atomic E-state index is 0.0612.